The van der Waals surface area contributed by atoms with Gasteiger partial charge in [-0.15, -0.1) is 34.4 Å². The summed E-state index contributed by atoms with van der Waals surface area (Å²) >= 11 is 4.80. The van der Waals surface area contributed by atoms with Crippen LogP contribution in [0.15, 0.2) is 28.6 Å². The fourth-order valence-electron chi connectivity index (χ4n) is 2.36. The van der Waals surface area contributed by atoms with E-state index < -0.39 is 0 Å². The monoisotopic (exact) mass is 392 g/mol. The number of amides is 1. The predicted molar refractivity (Wildman–Crippen MR) is 107 cm³/mol. The maximum atomic E-state index is 12.6. The summed E-state index contributed by atoms with van der Waals surface area (Å²) in [6.45, 7) is 4.74. The molecule has 3 rings (SSSR count). The third-order valence-corrected chi connectivity index (χ3v) is 6.49. The number of unbranched alkanes of at least 4 members (excludes halogenated alkanes) is 1. The summed E-state index contributed by atoms with van der Waals surface area (Å²) < 4.78 is 1.47. The van der Waals surface area contributed by atoms with Gasteiger partial charge in [-0.2, -0.15) is 9.78 Å². The number of rotatable bonds is 6. The van der Waals surface area contributed by atoms with Gasteiger partial charge in [0.25, 0.3) is 0 Å². The molecular formula is C17H20N4OS3. The molecular weight excluding hydrogens is 372 g/mol. The van der Waals surface area contributed by atoms with Crippen LogP contribution in [0.25, 0.3) is 20.5 Å². The first-order valence-electron chi connectivity index (χ1n) is 8.08. The number of thiazole rings is 1. The number of nitrogens with one attached hydrogen (secondary N) is 1. The van der Waals surface area contributed by atoms with Gasteiger partial charge in [-0.3, -0.25) is 0 Å². The zero-order valence-corrected chi connectivity index (χ0v) is 16.9. The van der Waals surface area contributed by atoms with E-state index in [1.165, 1.54) is 16.4 Å². The van der Waals surface area contributed by atoms with E-state index >= 15 is 0 Å². The SMILES string of the molecule is CCCCNC(=O)n1nc(SC)cc1-c1sc(-c2cccs2)nc1C. The number of thioether (sulfide) groups is 1. The number of carbonyl (C=O) groups is 1. The zero-order valence-electron chi connectivity index (χ0n) is 14.4. The molecule has 0 atom stereocenters. The van der Waals surface area contributed by atoms with Crippen molar-refractivity contribution in [2.75, 3.05) is 12.8 Å². The first kappa shape index (κ1) is 18.2. The maximum absolute atomic E-state index is 12.6. The van der Waals surface area contributed by atoms with E-state index in [2.05, 4.69) is 28.4 Å². The van der Waals surface area contributed by atoms with Crippen LogP contribution in [0, 0.1) is 6.92 Å². The Hall–Kier alpha value is -1.64. The fourth-order valence-corrected chi connectivity index (χ4v) is 4.62. The smallest absolute Gasteiger partial charge is 0.336 e. The van der Waals surface area contributed by atoms with Crippen molar-refractivity contribution in [3.8, 4) is 20.5 Å². The van der Waals surface area contributed by atoms with Crippen molar-refractivity contribution in [1.29, 1.82) is 0 Å². The lowest BCUT2D eigenvalue weighted by Gasteiger charge is -2.07. The Morgan fingerprint density at radius 2 is 2.28 bits per heavy atom. The first-order chi connectivity index (χ1) is 12.1. The molecule has 0 unspecified atom stereocenters. The lowest BCUT2D eigenvalue weighted by atomic mass is 10.3. The molecule has 3 aromatic rings. The zero-order chi connectivity index (χ0) is 17.8. The summed E-state index contributed by atoms with van der Waals surface area (Å²) in [5, 5.41) is 11.2. The highest BCUT2D eigenvalue weighted by Gasteiger charge is 2.20. The van der Waals surface area contributed by atoms with Crippen molar-refractivity contribution in [1.82, 2.24) is 20.1 Å². The normalized spacial score (nSPS) is 11.0. The minimum absolute atomic E-state index is 0.186. The van der Waals surface area contributed by atoms with Gasteiger partial charge < -0.3 is 5.32 Å². The Morgan fingerprint density at radius 3 is 2.96 bits per heavy atom. The molecule has 0 saturated carbocycles. The van der Waals surface area contributed by atoms with Crippen LogP contribution >= 0.6 is 34.4 Å². The van der Waals surface area contributed by atoms with Crippen LogP contribution in [-0.4, -0.2) is 33.6 Å². The van der Waals surface area contributed by atoms with Crippen molar-refractivity contribution in [2.24, 2.45) is 0 Å². The molecule has 25 heavy (non-hydrogen) atoms. The standard InChI is InChI=1S/C17H20N4OS3/c1-4-5-8-18-17(22)21-12(10-14(20-21)23-3)15-11(2)19-16(25-15)13-7-6-9-24-13/h6-7,9-10H,4-5,8H2,1-3H3,(H,18,22). The topological polar surface area (TPSA) is 59.8 Å². The van der Waals surface area contributed by atoms with Crippen LogP contribution in [0.3, 0.4) is 0 Å². The average molecular weight is 393 g/mol. The second-order valence-electron chi connectivity index (χ2n) is 5.48. The van der Waals surface area contributed by atoms with Crippen LogP contribution in [0.1, 0.15) is 25.5 Å². The molecule has 0 aliphatic heterocycles. The van der Waals surface area contributed by atoms with E-state index in [9.17, 15) is 4.79 Å². The summed E-state index contributed by atoms with van der Waals surface area (Å²) in [5.41, 5.74) is 1.72. The molecule has 3 aromatic heterocycles. The fraction of sp³-hybridized carbons (Fsp3) is 0.353. The minimum Gasteiger partial charge on any atom is -0.336 e. The van der Waals surface area contributed by atoms with Crippen LogP contribution < -0.4 is 5.32 Å². The van der Waals surface area contributed by atoms with Crippen molar-refractivity contribution >= 4 is 40.5 Å². The molecule has 0 spiro atoms. The number of hydrogen-bond acceptors (Lipinski definition) is 6. The van der Waals surface area contributed by atoms with Crippen LogP contribution in [0.5, 0.6) is 0 Å². The van der Waals surface area contributed by atoms with Crippen molar-refractivity contribution in [3.63, 3.8) is 0 Å². The Kier molecular flexibility index (Phi) is 5.93. The van der Waals surface area contributed by atoms with Gasteiger partial charge in [0.15, 0.2) is 0 Å². The van der Waals surface area contributed by atoms with Crippen molar-refractivity contribution in [3.05, 3.63) is 29.3 Å². The van der Waals surface area contributed by atoms with Crippen LogP contribution in [0.4, 0.5) is 4.79 Å². The third-order valence-electron chi connectivity index (χ3n) is 3.66. The van der Waals surface area contributed by atoms with Gasteiger partial charge in [-0.05, 0) is 37.1 Å². The molecule has 8 heteroatoms. The van der Waals surface area contributed by atoms with Gasteiger partial charge in [0.05, 0.1) is 21.1 Å². The Balaban J connectivity index is 1.96. The Bertz CT molecular complexity index is 852. The summed E-state index contributed by atoms with van der Waals surface area (Å²) in [6.07, 6.45) is 3.96. The summed E-state index contributed by atoms with van der Waals surface area (Å²) in [4.78, 5) is 19.4. The van der Waals surface area contributed by atoms with E-state index in [1.807, 2.05) is 30.7 Å². The Labute approximate surface area is 159 Å². The number of aromatic nitrogens is 3. The average Bonchev–Trinajstić information content (AvgIpc) is 3.33. The lowest BCUT2D eigenvalue weighted by molar-refractivity contribution is 0.239. The van der Waals surface area contributed by atoms with Gasteiger partial charge in [-0.25, -0.2) is 9.78 Å². The van der Waals surface area contributed by atoms with Gasteiger partial charge in [0, 0.05) is 6.54 Å². The quantitative estimate of drug-likeness (QED) is 0.467. The molecule has 0 bridgehead atoms. The summed E-state index contributed by atoms with van der Waals surface area (Å²) in [5.74, 6) is 0. The predicted octanol–water partition coefficient (Wildman–Crippen LogP) is 5.12. The number of thiophene rings is 1. The number of carbonyl (C=O) groups excluding carboxylic acids is 1. The second kappa shape index (κ2) is 8.16. The number of aryl methyl sites for hydroxylation is 1. The highest BCUT2D eigenvalue weighted by Crippen LogP contribution is 2.37. The Morgan fingerprint density at radius 1 is 1.44 bits per heavy atom. The second-order valence-corrected chi connectivity index (χ2v) is 8.25. The molecule has 0 radical (unpaired) electrons. The van der Waals surface area contributed by atoms with Crippen molar-refractivity contribution < 1.29 is 4.79 Å². The molecule has 1 amide bonds. The maximum Gasteiger partial charge on any atom is 0.342 e. The molecule has 1 N–H and O–H groups in total. The van der Waals surface area contributed by atoms with E-state index in [4.69, 9.17) is 0 Å². The molecule has 132 valence electrons. The number of hydrogen-bond donors (Lipinski definition) is 1. The minimum atomic E-state index is -0.186. The highest BCUT2D eigenvalue weighted by molar-refractivity contribution is 7.98. The van der Waals surface area contributed by atoms with Crippen LogP contribution in [0.2, 0.25) is 0 Å². The van der Waals surface area contributed by atoms with E-state index in [0.717, 1.165) is 44.0 Å². The largest absolute Gasteiger partial charge is 0.342 e. The first-order valence-corrected chi connectivity index (χ1v) is 11.0. The van der Waals surface area contributed by atoms with Gasteiger partial charge in [-0.1, -0.05) is 19.4 Å². The summed E-state index contributed by atoms with van der Waals surface area (Å²) in [7, 11) is 0. The van der Waals surface area contributed by atoms with Gasteiger partial charge in [0.2, 0.25) is 0 Å². The van der Waals surface area contributed by atoms with E-state index in [1.54, 1.807) is 22.7 Å². The molecule has 0 saturated heterocycles. The van der Waals surface area contributed by atoms with E-state index in [0.29, 0.717) is 6.54 Å². The molecule has 3 heterocycles. The molecule has 5 nitrogen and oxygen atoms in total. The van der Waals surface area contributed by atoms with Crippen LogP contribution in [-0.2, 0) is 0 Å². The lowest BCUT2D eigenvalue weighted by Crippen LogP contribution is -2.30. The molecule has 0 aliphatic rings. The molecule has 0 aliphatic carbocycles. The van der Waals surface area contributed by atoms with Gasteiger partial charge in [0.1, 0.15) is 10.0 Å². The molecule has 0 aromatic carbocycles. The van der Waals surface area contributed by atoms with Crippen molar-refractivity contribution in [2.45, 2.75) is 31.7 Å². The van der Waals surface area contributed by atoms with Gasteiger partial charge >= 0.3 is 6.03 Å². The highest BCUT2D eigenvalue weighted by atomic mass is 32.2. The summed E-state index contributed by atoms with van der Waals surface area (Å²) in [6, 6.07) is 5.86. The van der Waals surface area contributed by atoms with E-state index in [-0.39, 0.29) is 6.03 Å². The molecule has 0 fully saturated rings. The third kappa shape index (κ3) is 3.96. The number of nitrogens with zero attached hydrogens (tertiary/aromatic N) is 3.